The normalized spacial score (nSPS) is 29.5. The molecular formula is C12H17NO3S. The van der Waals surface area contributed by atoms with Gasteiger partial charge in [-0.2, -0.15) is 8.42 Å². The number of fused-ring (bicyclic) bond motifs is 1. The number of nitrogens with two attached hydrogens (primary N) is 1. The first kappa shape index (κ1) is 12.5. The van der Waals surface area contributed by atoms with Crippen LogP contribution in [0, 0.1) is 18.8 Å². The molecule has 0 spiro atoms. The van der Waals surface area contributed by atoms with Crippen molar-refractivity contribution in [3.05, 3.63) is 29.8 Å². The van der Waals surface area contributed by atoms with E-state index >= 15 is 0 Å². The Morgan fingerprint density at radius 3 is 1.88 bits per heavy atom. The molecule has 2 saturated carbocycles. The van der Waals surface area contributed by atoms with E-state index in [1.165, 1.54) is 25.0 Å². The Bertz CT molecular complexity index is 478. The molecule has 1 aromatic rings. The average Bonchev–Trinajstić information content (AvgIpc) is 2.62. The quantitative estimate of drug-likeness (QED) is 0.747. The minimum atomic E-state index is -4.02. The maximum atomic E-state index is 10.5. The van der Waals surface area contributed by atoms with Gasteiger partial charge in [0.25, 0.3) is 10.1 Å². The number of benzene rings is 1. The zero-order valence-corrected chi connectivity index (χ0v) is 10.5. The van der Waals surface area contributed by atoms with E-state index in [-0.39, 0.29) is 4.90 Å². The van der Waals surface area contributed by atoms with E-state index in [4.69, 9.17) is 10.3 Å². The lowest BCUT2D eigenvalue weighted by Crippen LogP contribution is -1.99. The van der Waals surface area contributed by atoms with Crippen LogP contribution < -0.4 is 5.73 Å². The van der Waals surface area contributed by atoms with E-state index in [1.807, 2.05) is 6.92 Å². The molecule has 0 heterocycles. The summed E-state index contributed by atoms with van der Waals surface area (Å²) >= 11 is 0. The summed E-state index contributed by atoms with van der Waals surface area (Å²) in [6, 6.07) is 6.62. The predicted octanol–water partition coefficient (Wildman–Crippen LogP) is 1.60. The van der Waals surface area contributed by atoms with Crippen molar-refractivity contribution < 1.29 is 13.0 Å². The molecule has 94 valence electrons. The van der Waals surface area contributed by atoms with E-state index in [0.29, 0.717) is 6.04 Å². The molecule has 3 rings (SSSR count). The summed E-state index contributed by atoms with van der Waals surface area (Å²) in [6.07, 6.45) is 2.84. The Labute approximate surface area is 102 Å². The van der Waals surface area contributed by atoms with Crippen molar-refractivity contribution in [1.29, 1.82) is 0 Å². The lowest BCUT2D eigenvalue weighted by molar-refractivity contribution is 0.468. The van der Waals surface area contributed by atoms with Gasteiger partial charge in [0.2, 0.25) is 0 Å². The fourth-order valence-electron chi connectivity index (χ4n) is 2.12. The third-order valence-electron chi connectivity index (χ3n) is 3.55. The van der Waals surface area contributed by atoms with Gasteiger partial charge in [0.05, 0.1) is 4.90 Å². The fraction of sp³-hybridized carbons (Fsp3) is 0.500. The zero-order valence-electron chi connectivity index (χ0n) is 9.70. The lowest BCUT2D eigenvalue weighted by Gasteiger charge is -2.03. The van der Waals surface area contributed by atoms with Crippen LogP contribution in [-0.2, 0) is 10.1 Å². The summed E-state index contributed by atoms with van der Waals surface area (Å²) in [4.78, 5) is -0.0666. The van der Waals surface area contributed by atoms with Crippen LogP contribution in [-0.4, -0.2) is 19.0 Å². The second-order valence-electron chi connectivity index (χ2n) is 4.77. The second-order valence-corrected chi connectivity index (χ2v) is 6.19. The van der Waals surface area contributed by atoms with E-state index in [2.05, 4.69) is 0 Å². The maximum absolute atomic E-state index is 10.5. The average molecular weight is 255 g/mol. The Hall–Kier alpha value is -0.910. The van der Waals surface area contributed by atoms with Gasteiger partial charge in [0, 0.05) is 6.04 Å². The van der Waals surface area contributed by atoms with Crippen molar-refractivity contribution in [1.82, 2.24) is 0 Å². The Balaban J connectivity index is 0.000000148. The molecule has 0 radical (unpaired) electrons. The van der Waals surface area contributed by atoms with Gasteiger partial charge in [-0.1, -0.05) is 17.7 Å². The zero-order chi connectivity index (χ0) is 12.6. The van der Waals surface area contributed by atoms with Crippen molar-refractivity contribution in [2.45, 2.75) is 30.7 Å². The van der Waals surface area contributed by atoms with Crippen LogP contribution in [0.4, 0.5) is 0 Å². The summed E-state index contributed by atoms with van der Waals surface area (Å²) in [5, 5.41) is 0. The smallest absolute Gasteiger partial charge is 0.294 e. The Morgan fingerprint density at radius 1 is 1.18 bits per heavy atom. The molecule has 0 amide bonds. The van der Waals surface area contributed by atoms with Crippen LogP contribution in [0.5, 0.6) is 0 Å². The van der Waals surface area contributed by atoms with Crippen LogP contribution in [0.15, 0.2) is 29.2 Å². The molecule has 2 aliphatic rings. The molecule has 3 N–H and O–H groups in total. The van der Waals surface area contributed by atoms with E-state index in [0.717, 1.165) is 17.4 Å². The predicted molar refractivity (Wildman–Crippen MR) is 65.2 cm³/mol. The number of hydrogen-bond donors (Lipinski definition) is 2. The van der Waals surface area contributed by atoms with Crippen LogP contribution in [0.3, 0.4) is 0 Å². The van der Waals surface area contributed by atoms with Gasteiger partial charge in [-0.15, -0.1) is 0 Å². The van der Waals surface area contributed by atoms with Gasteiger partial charge in [-0.3, -0.25) is 4.55 Å². The Morgan fingerprint density at radius 2 is 1.65 bits per heavy atom. The third kappa shape index (κ3) is 2.86. The number of rotatable bonds is 1. The lowest BCUT2D eigenvalue weighted by atomic mass is 10.0. The number of aryl methyl sites for hydroxylation is 1. The van der Waals surface area contributed by atoms with Crippen molar-refractivity contribution in [3.8, 4) is 0 Å². The maximum Gasteiger partial charge on any atom is 0.294 e. The van der Waals surface area contributed by atoms with Crippen molar-refractivity contribution in [2.24, 2.45) is 17.6 Å². The molecule has 0 aliphatic heterocycles. The van der Waals surface area contributed by atoms with Gasteiger partial charge in [-0.05, 0) is 43.7 Å². The summed E-state index contributed by atoms with van der Waals surface area (Å²) < 4.78 is 29.6. The van der Waals surface area contributed by atoms with Gasteiger partial charge < -0.3 is 5.73 Å². The van der Waals surface area contributed by atoms with Crippen LogP contribution in [0.2, 0.25) is 0 Å². The van der Waals surface area contributed by atoms with E-state index in [9.17, 15) is 8.42 Å². The molecule has 2 fully saturated rings. The summed E-state index contributed by atoms with van der Waals surface area (Å²) in [6.45, 7) is 1.84. The molecule has 0 bridgehead atoms. The minimum absolute atomic E-state index is 0.0666. The van der Waals surface area contributed by atoms with Crippen LogP contribution in [0.1, 0.15) is 18.4 Å². The molecule has 2 atom stereocenters. The van der Waals surface area contributed by atoms with Crippen molar-refractivity contribution in [2.75, 3.05) is 0 Å². The number of hydrogen-bond acceptors (Lipinski definition) is 3. The van der Waals surface area contributed by atoms with E-state index < -0.39 is 10.1 Å². The summed E-state index contributed by atoms with van der Waals surface area (Å²) in [7, 11) is -4.02. The SMILES string of the molecule is Cc1ccc(S(=O)(=O)O)cc1.NC1C2CCC12. The fourth-order valence-corrected chi connectivity index (χ4v) is 2.60. The standard InChI is InChI=1S/C7H8O3S.C5H9N/c1-6-2-4-7(5-3-6)11(8,9)10;6-5-3-1-2-4(3)5/h2-5H,1H3,(H,8,9,10);3-5H,1-2,6H2. The molecule has 17 heavy (non-hydrogen) atoms. The highest BCUT2D eigenvalue weighted by molar-refractivity contribution is 7.85. The molecule has 0 aromatic heterocycles. The first-order chi connectivity index (χ1) is 7.89. The molecule has 2 aliphatic carbocycles. The van der Waals surface area contributed by atoms with Crippen LogP contribution in [0.25, 0.3) is 0 Å². The molecule has 4 nitrogen and oxygen atoms in total. The van der Waals surface area contributed by atoms with Gasteiger partial charge in [0.1, 0.15) is 0 Å². The highest BCUT2D eigenvalue weighted by Gasteiger charge is 2.53. The topological polar surface area (TPSA) is 80.4 Å². The molecular weight excluding hydrogens is 238 g/mol. The van der Waals surface area contributed by atoms with Gasteiger partial charge in [0.15, 0.2) is 0 Å². The Kier molecular flexibility index (Phi) is 3.25. The van der Waals surface area contributed by atoms with Crippen molar-refractivity contribution >= 4 is 10.1 Å². The summed E-state index contributed by atoms with van der Waals surface area (Å²) in [5.74, 6) is 1.95. The first-order valence-electron chi connectivity index (χ1n) is 5.69. The monoisotopic (exact) mass is 255 g/mol. The minimum Gasteiger partial charge on any atom is -0.327 e. The largest absolute Gasteiger partial charge is 0.327 e. The van der Waals surface area contributed by atoms with Gasteiger partial charge in [-0.25, -0.2) is 0 Å². The molecule has 1 aromatic carbocycles. The van der Waals surface area contributed by atoms with E-state index in [1.54, 1.807) is 12.1 Å². The summed E-state index contributed by atoms with van der Waals surface area (Å²) in [5.41, 5.74) is 6.53. The molecule has 0 saturated heterocycles. The molecule has 2 unspecified atom stereocenters. The highest BCUT2D eigenvalue weighted by Crippen LogP contribution is 2.54. The first-order valence-corrected chi connectivity index (χ1v) is 7.13. The second kappa shape index (κ2) is 4.40. The third-order valence-corrected chi connectivity index (χ3v) is 4.42. The molecule has 5 heteroatoms. The van der Waals surface area contributed by atoms with Gasteiger partial charge >= 0.3 is 0 Å². The van der Waals surface area contributed by atoms with Crippen LogP contribution >= 0.6 is 0 Å². The van der Waals surface area contributed by atoms with Crippen molar-refractivity contribution in [3.63, 3.8) is 0 Å². The highest BCUT2D eigenvalue weighted by atomic mass is 32.2.